The molecule has 3 nitrogen and oxygen atoms in total. The van der Waals surface area contributed by atoms with Crippen molar-refractivity contribution in [3.8, 4) is 0 Å². The zero-order valence-corrected chi connectivity index (χ0v) is 13.6. The van der Waals surface area contributed by atoms with Crippen molar-refractivity contribution in [1.82, 2.24) is 9.80 Å². The van der Waals surface area contributed by atoms with E-state index in [0.29, 0.717) is 23.1 Å². The molecular formula is C13H15Br2FN2O. The van der Waals surface area contributed by atoms with Crippen molar-refractivity contribution >= 4 is 37.8 Å². The Morgan fingerprint density at radius 2 is 1.95 bits per heavy atom. The van der Waals surface area contributed by atoms with Gasteiger partial charge in [0.25, 0.3) is 5.91 Å². The molecule has 1 aromatic rings. The highest BCUT2D eigenvalue weighted by Gasteiger charge is 2.23. The maximum atomic E-state index is 13.2. The van der Waals surface area contributed by atoms with Crippen LogP contribution >= 0.6 is 31.9 Å². The number of carbonyl (C=O) groups is 1. The van der Waals surface area contributed by atoms with Crippen LogP contribution in [0.3, 0.4) is 0 Å². The molecule has 1 saturated heterocycles. The quantitative estimate of drug-likeness (QED) is 0.737. The second kappa shape index (κ2) is 6.81. The minimum Gasteiger partial charge on any atom is -0.336 e. The van der Waals surface area contributed by atoms with E-state index in [-0.39, 0.29) is 11.7 Å². The molecule has 0 N–H and O–H groups in total. The molecule has 19 heavy (non-hydrogen) atoms. The van der Waals surface area contributed by atoms with E-state index in [1.807, 2.05) is 0 Å². The fourth-order valence-electron chi connectivity index (χ4n) is 2.13. The first-order chi connectivity index (χ1) is 9.11. The number of carbonyl (C=O) groups excluding carboxylic acids is 1. The Morgan fingerprint density at radius 3 is 2.58 bits per heavy atom. The van der Waals surface area contributed by atoms with Crippen molar-refractivity contribution in [2.45, 2.75) is 0 Å². The van der Waals surface area contributed by atoms with Gasteiger partial charge >= 0.3 is 0 Å². The molecule has 0 bridgehead atoms. The van der Waals surface area contributed by atoms with E-state index in [4.69, 9.17) is 0 Å². The first-order valence-corrected chi connectivity index (χ1v) is 8.06. The third-order valence-corrected chi connectivity index (χ3v) is 4.27. The summed E-state index contributed by atoms with van der Waals surface area (Å²) in [7, 11) is 0. The van der Waals surface area contributed by atoms with E-state index in [9.17, 15) is 9.18 Å². The molecular weight excluding hydrogens is 379 g/mol. The molecule has 6 heteroatoms. The average Bonchev–Trinajstić information content (AvgIpc) is 2.42. The lowest BCUT2D eigenvalue weighted by Crippen LogP contribution is -2.49. The average molecular weight is 394 g/mol. The minimum atomic E-state index is -0.385. The van der Waals surface area contributed by atoms with Gasteiger partial charge in [-0.15, -0.1) is 0 Å². The summed E-state index contributed by atoms with van der Waals surface area (Å²) < 4.78 is 13.9. The van der Waals surface area contributed by atoms with Crippen LogP contribution in [-0.4, -0.2) is 53.8 Å². The number of hydrogen-bond donors (Lipinski definition) is 0. The minimum absolute atomic E-state index is 0.107. The Morgan fingerprint density at radius 1 is 1.26 bits per heavy atom. The second-order valence-electron chi connectivity index (χ2n) is 4.45. The Labute approximate surface area is 129 Å². The maximum Gasteiger partial charge on any atom is 0.255 e. The number of nitrogens with zero attached hydrogens (tertiary/aromatic N) is 2. The number of alkyl halides is 1. The van der Waals surface area contributed by atoms with Crippen LogP contribution in [0.1, 0.15) is 10.4 Å². The number of rotatable bonds is 3. The molecule has 1 fully saturated rings. The van der Waals surface area contributed by atoms with Gasteiger partial charge in [-0.1, -0.05) is 15.9 Å². The summed E-state index contributed by atoms with van der Waals surface area (Å²) in [6.07, 6.45) is 0. The highest BCUT2D eigenvalue weighted by molar-refractivity contribution is 9.10. The predicted molar refractivity (Wildman–Crippen MR) is 80.2 cm³/mol. The van der Waals surface area contributed by atoms with Crippen molar-refractivity contribution in [3.05, 3.63) is 34.1 Å². The number of hydrogen-bond acceptors (Lipinski definition) is 2. The summed E-state index contributed by atoms with van der Waals surface area (Å²) in [5, 5.41) is 0.941. The van der Waals surface area contributed by atoms with Crippen molar-refractivity contribution in [3.63, 3.8) is 0 Å². The lowest BCUT2D eigenvalue weighted by molar-refractivity contribution is 0.0643. The summed E-state index contributed by atoms with van der Waals surface area (Å²) in [5.41, 5.74) is 0.397. The largest absolute Gasteiger partial charge is 0.336 e. The third kappa shape index (κ3) is 3.77. The normalized spacial score (nSPS) is 16.7. The Kier molecular flexibility index (Phi) is 5.36. The summed E-state index contributed by atoms with van der Waals surface area (Å²) in [6, 6.07) is 4.20. The first-order valence-electron chi connectivity index (χ1n) is 6.14. The fraction of sp³-hybridized carbons (Fsp3) is 0.462. The molecule has 1 aliphatic heterocycles. The molecule has 1 aliphatic rings. The Hall–Kier alpha value is -0.460. The maximum absolute atomic E-state index is 13.2. The van der Waals surface area contributed by atoms with E-state index in [0.717, 1.165) is 25.0 Å². The molecule has 2 rings (SSSR count). The molecule has 1 heterocycles. The van der Waals surface area contributed by atoms with Crippen molar-refractivity contribution < 1.29 is 9.18 Å². The van der Waals surface area contributed by atoms with E-state index >= 15 is 0 Å². The zero-order chi connectivity index (χ0) is 13.8. The number of halogens is 3. The van der Waals surface area contributed by atoms with Crippen molar-refractivity contribution in [2.75, 3.05) is 38.1 Å². The van der Waals surface area contributed by atoms with Crippen LogP contribution < -0.4 is 0 Å². The molecule has 1 amide bonds. The number of amides is 1. The van der Waals surface area contributed by atoms with Crippen LogP contribution in [0, 0.1) is 5.82 Å². The molecule has 0 saturated carbocycles. The Bertz CT molecular complexity index is 462. The lowest BCUT2D eigenvalue weighted by Gasteiger charge is -2.34. The van der Waals surface area contributed by atoms with E-state index in [1.54, 1.807) is 11.0 Å². The van der Waals surface area contributed by atoms with Gasteiger partial charge in [0.1, 0.15) is 5.82 Å². The smallest absolute Gasteiger partial charge is 0.255 e. The van der Waals surface area contributed by atoms with Gasteiger partial charge in [0.05, 0.1) is 5.56 Å². The van der Waals surface area contributed by atoms with Crippen LogP contribution in [0.4, 0.5) is 4.39 Å². The molecule has 0 radical (unpaired) electrons. The topological polar surface area (TPSA) is 23.6 Å². The van der Waals surface area contributed by atoms with Gasteiger partial charge in [-0.05, 0) is 34.1 Å². The third-order valence-electron chi connectivity index (χ3n) is 3.22. The van der Waals surface area contributed by atoms with Crippen LogP contribution in [0.2, 0.25) is 0 Å². The highest BCUT2D eigenvalue weighted by Crippen LogP contribution is 2.20. The van der Waals surface area contributed by atoms with Crippen LogP contribution in [0.15, 0.2) is 22.7 Å². The van der Waals surface area contributed by atoms with Gasteiger partial charge in [-0.3, -0.25) is 9.69 Å². The monoisotopic (exact) mass is 392 g/mol. The SMILES string of the molecule is O=C(c1cc(F)ccc1Br)N1CCN(CCBr)CC1. The van der Waals surface area contributed by atoms with Crippen LogP contribution in [0.25, 0.3) is 0 Å². The summed E-state index contributed by atoms with van der Waals surface area (Å²) in [4.78, 5) is 16.4. The van der Waals surface area contributed by atoms with Gasteiger partial charge in [0.15, 0.2) is 0 Å². The fourth-order valence-corrected chi connectivity index (χ4v) is 3.04. The van der Waals surface area contributed by atoms with Gasteiger partial charge < -0.3 is 4.90 Å². The molecule has 104 valence electrons. The van der Waals surface area contributed by atoms with Crippen molar-refractivity contribution in [1.29, 1.82) is 0 Å². The molecule has 0 unspecified atom stereocenters. The molecule has 0 atom stereocenters. The standard InChI is InChI=1S/C13H15Br2FN2O/c14-3-4-17-5-7-18(8-6-17)13(19)11-9-10(16)1-2-12(11)15/h1-2,9H,3-8H2. The molecule has 0 spiro atoms. The summed E-state index contributed by atoms with van der Waals surface area (Å²) in [6.45, 7) is 4.10. The first kappa shape index (κ1) is 14.9. The van der Waals surface area contributed by atoms with Crippen LogP contribution in [0.5, 0.6) is 0 Å². The van der Waals surface area contributed by atoms with Crippen LogP contribution in [-0.2, 0) is 0 Å². The Balaban J connectivity index is 2.03. The van der Waals surface area contributed by atoms with Gasteiger partial charge in [-0.25, -0.2) is 4.39 Å². The van der Waals surface area contributed by atoms with Gasteiger partial charge in [0.2, 0.25) is 0 Å². The van der Waals surface area contributed by atoms with Crippen molar-refractivity contribution in [2.24, 2.45) is 0 Å². The van der Waals surface area contributed by atoms with E-state index < -0.39 is 0 Å². The lowest BCUT2D eigenvalue weighted by atomic mass is 10.1. The summed E-state index contributed by atoms with van der Waals surface area (Å²) in [5.74, 6) is -0.491. The van der Waals surface area contributed by atoms with E-state index in [2.05, 4.69) is 36.8 Å². The highest BCUT2D eigenvalue weighted by atomic mass is 79.9. The molecule has 1 aromatic carbocycles. The van der Waals surface area contributed by atoms with E-state index in [1.165, 1.54) is 12.1 Å². The number of benzene rings is 1. The molecule has 0 aliphatic carbocycles. The van der Waals surface area contributed by atoms with Gasteiger partial charge in [-0.2, -0.15) is 0 Å². The number of piperazine rings is 1. The predicted octanol–water partition coefficient (Wildman–Crippen LogP) is 2.74. The zero-order valence-electron chi connectivity index (χ0n) is 10.4. The molecule has 0 aromatic heterocycles. The van der Waals surface area contributed by atoms with Gasteiger partial charge in [0, 0.05) is 42.5 Å². The summed E-state index contributed by atoms with van der Waals surface area (Å²) >= 11 is 6.72. The second-order valence-corrected chi connectivity index (χ2v) is 6.09.